The predicted octanol–water partition coefficient (Wildman–Crippen LogP) is 2.31. The summed E-state index contributed by atoms with van der Waals surface area (Å²) in [5.41, 5.74) is 8.34. The van der Waals surface area contributed by atoms with E-state index in [0.29, 0.717) is 11.8 Å². The molecule has 0 amide bonds. The average molecular weight is 302 g/mol. The summed E-state index contributed by atoms with van der Waals surface area (Å²) in [5, 5.41) is 5.18. The summed E-state index contributed by atoms with van der Waals surface area (Å²) in [6.07, 6.45) is 4.07. The number of rotatable bonds is 4. The lowest BCUT2D eigenvalue weighted by Crippen LogP contribution is -2.42. The molecule has 1 fully saturated rings. The number of thioether (sulfide) groups is 1. The lowest BCUT2D eigenvalue weighted by molar-refractivity contribution is 0.211. The van der Waals surface area contributed by atoms with Gasteiger partial charge in [-0.15, -0.1) is 0 Å². The minimum Gasteiger partial charge on any atom is -0.329 e. The van der Waals surface area contributed by atoms with Crippen molar-refractivity contribution in [3.8, 4) is 5.69 Å². The molecule has 1 aliphatic heterocycles. The van der Waals surface area contributed by atoms with E-state index in [1.807, 2.05) is 40.8 Å². The average Bonchev–Trinajstić information content (AvgIpc) is 2.99. The molecule has 1 aromatic heterocycles. The van der Waals surface area contributed by atoms with E-state index in [-0.39, 0.29) is 6.04 Å². The van der Waals surface area contributed by atoms with E-state index in [1.54, 1.807) is 0 Å². The quantitative estimate of drug-likeness (QED) is 0.941. The van der Waals surface area contributed by atoms with E-state index in [2.05, 4.69) is 35.3 Å². The van der Waals surface area contributed by atoms with Gasteiger partial charge in [-0.05, 0) is 12.1 Å². The van der Waals surface area contributed by atoms with Crippen molar-refractivity contribution in [2.75, 3.05) is 25.4 Å². The zero-order valence-electron chi connectivity index (χ0n) is 12.4. The van der Waals surface area contributed by atoms with Gasteiger partial charge in [-0.2, -0.15) is 16.9 Å². The molecule has 112 valence electrons. The first-order valence-corrected chi connectivity index (χ1v) is 8.48. The second kappa shape index (κ2) is 6.64. The number of para-hydroxylation sites is 1. The highest BCUT2D eigenvalue weighted by atomic mass is 32.2. The van der Waals surface area contributed by atoms with Crippen LogP contribution in [0.1, 0.15) is 18.5 Å². The van der Waals surface area contributed by atoms with Crippen LogP contribution in [0.4, 0.5) is 0 Å². The SMILES string of the molecule is CC1CN(C(CN)c2cnn(-c3ccccc3)c2)CCS1. The van der Waals surface area contributed by atoms with Crippen molar-refractivity contribution >= 4 is 11.8 Å². The predicted molar refractivity (Wildman–Crippen MR) is 88.9 cm³/mol. The molecule has 2 unspecified atom stereocenters. The molecule has 0 aliphatic carbocycles. The summed E-state index contributed by atoms with van der Waals surface area (Å²) in [5.74, 6) is 1.19. The highest BCUT2D eigenvalue weighted by molar-refractivity contribution is 7.99. The van der Waals surface area contributed by atoms with Gasteiger partial charge in [-0.3, -0.25) is 4.90 Å². The van der Waals surface area contributed by atoms with E-state index in [9.17, 15) is 0 Å². The Morgan fingerprint density at radius 1 is 1.38 bits per heavy atom. The summed E-state index contributed by atoms with van der Waals surface area (Å²) in [7, 11) is 0. The Balaban J connectivity index is 1.80. The van der Waals surface area contributed by atoms with Gasteiger partial charge < -0.3 is 5.73 Å². The molecule has 0 spiro atoms. The third kappa shape index (κ3) is 3.31. The van der Waals surface area contributed by atoms with Gasteiger partial charge in [0.05, 0.1) is 17.9 Å². The monoisotopic (exact) mass is 302 g/mol. The number of nitrogens with two attached hydrogens (primary N) is 1. The molecule has 21 heavy (non-hydrogen) atoms. The van der Waals surface area contributed by atoms with E-state index in [4.69, 9.17) is 5.73 Å². The molecule has 2 heterocycles. The Kier molecular flexibility index (Phi) is 4.63. The molecule has 2 N–H and O–H groups in total. The standard InChI is InChI=1S/C16H22N4S/c1-13-11-19(7-8-21-13)16(9-17)14-10-18-20(12-14)15-5-3-2-4-6-15/h2-6,10,12-13,16H,7-9,11,17H2,1H3. The van der Waals surface area contributed by atoms with Gasteiger partial charge in [0.15, 0.2) is 0 Å². The van der Waals surface area contributed by atoms with Crippen molar-refractivity contribution in [2.45, 2.75) is 18.2 Å². The minimum absolute atomic E-state index is 0.269. The van der Waals surface area contributed by atoms with Gasteiger partial charge in [0, 0.05) is 42.4 Å². The molecule has 2 atom stereocenters. The molecule has 1 saturated heterocycles. The maximum atomic E-state index is 6.04. The van der Waals surface area contributed by atoms with Crippen LogP contribution >= 0.6 is 11.8 Å². The third-order valence-corrected chi connectivity index (χ3v) is 5.08. The minimum atomic E-state index is 0.269. The number of nitrogens with zero attached hydrogens (tertiary/aromatic N) is 3. The number of aromatic nitrogens is 2. The van der Waals surface area contributed by atoms with Crippen LogP contribution in [-0.2, 0) is 0 Å². The highest BCUT2D eigenvalue weighted by Crippen LogP contribution is 2.26. The van der Waals surface area contributed by atoms with Crippen LogP contribution in [0.15, 0.2) is 42.7 Å². The Morgan fingerprint density at radius 3 is 2.90 bits per heavy atom. The second-order valence-electron chi connectivity index (χ2n) is 5.48. The van der Waals surface area contributed by atoms with Gasteiger partial charge in [-0.25, -0.2) is 4.68 Å². The second-order valence-corrected chi connectivity index (χ2v) is 7.03. The Bertz CT molecular complexity index is 569. The van der Waals surface area contributed by atoms with Crippen molar-refractivity contribution in [3.05, 3.63) is 48.3 Å². The molecule has 5 heteroatoms. The largest absolute Gasteiger partial charge is 0.329 e. The van der Waals surface area contributed by atoms with E-state index in [1.165, 1.54) is 11.3 Å². The van der Waals surface area contributed by atoms with E-state index >= 15 is 0 Å². The fourth-order valence-corrected chi connectivity index (χ4v) is 3.89. The summed E-state index contributed by atoms with van der Waals surface area (Å²) in [6, 6.07) is 10.5. The zero-order chi connectivity index (χ0) is 14.7. The molecule has 0 radical (unpaired) electrons. The topological polar surface area (TPSA) is 47.1 Å². The molecule has 2 aromatic rings. The Morgan fingerprint density at radius 2 is 2.19 bits per heavy atom. The molecule has 1 aromatic carbocycles. The zero-order valence-corrected chi connectivity index (χ0v) is 13.2. The Labute approximate surface area is 130 Å². The molecule has 0 bridgehead atoms. The lowest BCUT2D eigenvalue weighted by atomic mass is 10.1. The number of hydrogen-bond acceptors (Lipinski definition) is 4. The van der Waals surface area contributed by atoms with Gasteiger partial charge in [0.2, 0.25) is 0 Å². The third-order valence-electron chi connectivity index (χ3n) is 3.94. The first-order valence-electron chi connectivity index (χ1n) is 7.43. The molecular weight excluding hydrogens is 280 g/mol. The van der Waals surface area contributed by atoms with Crippen molar-refractivity contribution in [1.82, 2.24) is 14.7 Å². The van der Waals surface area contributed by atoms with Gasteiger partial charge in [0.1, 0.15) is 0 Å². The van der Waals surface area contributed by atoms with E-state index < -0.39 is 0 Å². The van der Waals surface area contributed by atoms with Crippen LogP contribution in [0, 0.1) is 0 Å². The molecule has 1 aliphatic rings. The first-order chi connectivity index (χ1) is 10.3. The number of hydrogen-bond donors (Lipinski definition) is 1. The molecule has 0 saturated carbocycles. The van der Waals surface area contributed by atoms with Crippen LogP contribution in [0.3, 0.4) is 0 Å². The Hall–Kier alpha value is -1.30. The van der Waals surface area contributed by atoms with Crippen LogP contribution < -0.4 is 5.73 Å². The van der Waals surface area contributed by atoms with Crippen molar-refractivity contribution < 1.29 is 0 Å². The summed E-state index contributed by atoms with van der Waals surface area (Å²) in [4.78, 5) is 2.49. The maximum Gasteiger partial charge on any atom is 0.0645 e. The summed E-state index contributed by atoms with van der Waals surface area (Å²) >= 11 is 2.04. The molecular formula is C16H22N4S. The van der Waals surface area contributed by atoms with Crippen molar-refractivity contribution in [3.63, 3.8) is 0 Å². The summed E-state index contributed by atoms with van der Waals surface area (Å²) in [6.45, 7) is 5.13. The molecule has 3 rings (SSSR count). The van der Waals surface area contributed by atoms with Gasteiger partial charge in [0.25, 0.3) is 0 Å². The maximum absolute atomic E-state index is 6.04. The van der Waals surface area contributed by atoms with Crippen molar-refractivity contribution in [2.24, 2.45) is 5.73 Å². The smallest absolute Gasteiger partial charge is 0.0645 e. The van der Waals surface area contributed by atoms with Crippen LogP contribution in [0.25, 0.3) is 5.69 Å². The van der Waals surface area contributed by atoms with Gasteiger partial charge in [-0.1, -0.05) is 25.1 Å². The van der Waals surface area contributed by atoms with E-state index in [0.717, 1.165) is 18.8 Å². The van der Waals surface area contributed by atoms with Crippen LogP contribution in [-0.4, -0.2) is 45.3 Å². The highest BCUT2D eigenvalue weighted by Gasteiger charge is 2.25. The van der Waals surface area contributed by atoms with Gasteiger partial charge >= 0.3 is 0 Å². The fraction of sp³-hybridized carbons (Fsp3) is 0.438. The van der Waals surface area contributed by atoms with Crippen molar-refractivity contribution in [1.29, 1.82) is 0 Å². The fourth-order valence-electron chi connectivity index (χ4n) is 2.86. The van der Waals surface area contributed by atoms with Crippen LogP contribution in [0.2, 0.25) is 0 Å². The normalized spacial score (nSPS) is 21.3. The summed E-state index contributed by atoms with van der Waals surface area (Å²) < 4.78 is 1.93. The molecule has 4 nitrogen and oxygen atoms in total. The first kappa shape index (κ1) is 14.6. The van der Waals surface area contributed by atoms with Crippen LogP contribution in [0.5, 0.6) is 0 Å². The lowest BCUT2D eigenvalue weighted by Gasteiger charge is -2.36. The number of benzene rings is 1.